The van der Waals surface area contributed by atoms with Gasteiger partial charge >= 0.3 is 0 Å². The van der Waals surface area contributed by atoms with Crippen LogP contribution in [0.1, 0.15) is 32.4 Å². The maximum Gasteiger partial charge on any atom is 0.217 e. The molecule has 0 amide bonds. The van der Waals surface area contributed by atoms with Crippen molar-refractivity contribution in [3.05, 3.63) is 30.0 Å². The Morgan fingerprint density at radius 1 is 1.29 bits per heavy atom. The molecule has 0 saturated heterocycles. The summed E-state index contributed by atoms with van der Waals surface area (Å²) in [4.78, 5) is 0. The van der Waals surface area contributed by atoms with Gasteiger partial charge in [-0.05, 0) is 25.0 Å². The van der Waals surface area contributed by atoms with Crippen LogP contribution >= 0.6 is 0 Å². The second kappa shape index (κ2) is 6.13. The van der Waals surface area contributed by atoms with E-state index >= 15 is 0 Å². The van der Waals surface area contributed by atoms with Gasteiger partial charge in [-0.15, -0.1) is 0 Å². The van der Waals surface area contributed by atoms with Gasteiger partial charge in [0.25, 0.3) is 0 Å². The molecule has 2 aromatic rings. The lowest BCUT2D eigenvalue weighted by atomic mass is 9.95. The molecule has 116 valence electrons. The number of rotatable bonds is 7. The fourth-order valence-corrected chi connectivity index (χ4v) is 3.20. The highest BCUT2D eigenvalue weighted by atomic mass is 32.2. The SMILES string of the molecule is CCC(N)(CC)CNS(=O)(=O)Cc1noc2ccccc12. The largest absolute Gasteiger partial charge is 0.356 e. The number of para-hydroxylation sites is 1. The van der Waals surface area contributed by atoms with Gasteiger partial charge in [0.05, 0.1) is 0 Å². The van der Waals surface area contributed by atoms with Crippen molar-refractivity contribution < 1.29 is 12.9 Å². The maximum absolute atomic E-state index is 12.2. The van der Waals surface area contributed by atoms with Gasteiger partial charge in [-0.25, -0.2) is 13.1 Å². The second-order valence-electron chi connectivity index (χ2n) is 5.28. The molecule has 1 aromatic heterocycles. The Hall–Kier alpha value is -1.44. The van der Waals surface area contributed by atoms with Crippen LogP contribution in [0.15, 0.2) is 28.8 Å². The Bertz CT molecular complexity index is 705. The number of benzene rings is 1. The molecule has 0 radical (unpaired) electrons. The molecule has 0 atom stereocenters. The number of sulfonamides is 1. The van der Waals surface area contributed by atoms with Crippen LogP contribution in [0.3, 0.4) is 0 Å². The summed E-state index contributed by atoms with van der Waals surface area (Å²) in [6, 6.07) is 7.18. The third kappa shape index (κ3) is 3.81. The first kappa shape index (κ1) is 15.9. The van der Waals surface area contributed by atoms with Gasteiger partial charge in [0, 0.05) is 17.5 Å². The van der Waals surface area contributed by atoms with Crippen molar-refractivity contribution >= 4 is 21.0 Å². The van der Waals surface area contributed by atoms with Crippen LogP contribution in [-0.2, 0) is 15.8 Å². The molecule has 7 heteroatoms. The summed E-state index contributed by atoms with van der Waals surface area (Å²) < 4.78 is 32.0. The Morgan fingerprint density at radius 3 is 2.62 bits per heavy atom. The van der Waals surface area contributed by atoms with E-state index in [-0.39, 0.29) is 12.3 Å². The Morgan fingerprint density at radius 2 is 1.95 bits per heavy atom. The lowest BCUT2D eigenvalue weighted by Crippen LogP contribution is -2.49. The first-order valence-corrected chi connectivity index (χ1v) is 8.64. The number of nitrogens with one attached hydrogen (secondary N) is 1. The molecule has 0 spiro atoms. The van der Waals surface area contributed by atoms with E-state index in [1.165, 1.54) is 0 Å². The van der Waals surface area contributed by atoms with Gasteiger partial charge in [-0.1, -0.05) is 31.1 Å². The molecule has 0 aliphatic heterocycles. The number of nitrogens with two attached hydrogens (primary N) is 1. The molecule has 0 bridgehead atoms. The van der Waals surface area contributed by atoms with Crippen LogP contribution in [0.2, 0.25) is 0 Å². The zero-order valence-electron chi connectivity index (χ0n) is 12.3. The minimum atomic E-state index is -3.50. The molecule has 3 N–H and O–H groups in total. The highest BCUT2D eigenvalue weighted by Crippen LogP contribution is 2.19. The third-order valence-electron chi connectivity index (χ3n) is 3.83. The number of hydrogen-bond acceptors (Lipinski definition) is 5. The van der Waals surface area contributed by atoms with Gasteiger partial charge < -0.3 is 10.3 Å². The van der Waals surface area contributed by atoms with Crippen LogP contribution in [0, 0.1) is 0 Å². The highest BCUT2D eigenvalue weighted by molar-refractivity contribution is 7.88. The molecule has 21 heavy (non-hydrogen) atoms. The van der Waals surface area contributed by atoms with Crippen molar-refractivity contribution in [3.8, 4) is 0 Å². The molecule has 1 heterocycles. The topological polar surface area (TPSA) is 98.2 Å². The highest BCUT2D eigenvalue weighted by Gasteiger charge is 2.24. The molecule has 0 aliphatic rings. The van der Waals surface area contributed by atoms with Gasteiger partial charge in [-0.3, -0.25) is 0 Å². The summed E-state index contributed by atoms with van der Waals surface area (Å²) in [6.07, 6.45) is 1.41. The Kier molecular flexibility index (Phi) is 4.65. The van der Waals surface area contributed by atoms with E-state index in [0.717, 1.165) is 0 Å². The van der Waals surface area contributed by atoms with Crippen LogP contribution in [0.25, 0.3) is 11.0 Å². The summed E-state index contributed by atoms with van der Waals surface area (Å²) in [5, 5.41) is 4.56. The number of aromatic nitrogens is 1. The van der Waals surface area contributed by atoms with Crippen LogP contribution in [0.4, 0.5) is 0 Å². The molecular weight excluding hydrogens is 290 g/mol. The number of fused-ring (bicyclic) bond motifs is 1. The Labute approximate surface area is 124 Å². The average molecular weight is 311 g/mol. The average Bonchev–Trinajstić information content (AvgIpc) is 2.88. The van der Waals surface area contributed by atoms with Gasteiger partial charge in [0.15, 0.2) is 5.58 Å². The van der Waals surface area contributed by atoms with E-state index in [1.54, 1.807) is 12.1 Å². The van der Waals surface area contributed by atoms with Crippen molar-refractivity contribution in [1.29, 1.82) is 0 Å². The van der Waals surface area contributed by atoms with E-state index in [9.17, 15) is 8.42 Å². The standard InChI is InChI=1S/C14H21N3O3S/c1-3-14(15,4-2)10-16-21(18,19)9-12-11-7-5-6-8-13(11)20-17-12/h5-8,16H,3-4,9-10,15H2,1-2H3. The maximum atomic E-state index is 12.2. The van der Waals surface area contributed by atoms with Crippen molar-refractivity contribution in [1.82, 2.24) is 9.88 Å². The van der Waals surface area contributed by atoms with Crippen molar-refractivity contribution in [2.24, 2.45) is 5.73 Å². The summed E-state index contributed by atoms with van der Waals surface area (Å²) in [5.74, 6) is -0.215. The number of hydrogen-bond donors (Lipinski definition) is 2. The molecule has 0 fully saturated rings. The van der Waals surface area contributed by atoms with E-state index < -0.39 is 15.6 Å². The first-order chi connectivity index (χ1) is 9.89. The molecule has 6 nitrogen and oxygen atoms in total. The number of nitrogens with zero attached hydrogens (tertiary/aromatic N) is 1. The molecule has 0 saturated carbocycles. The minimum absolute atomic E-state index is 0.215. The van der Waals surface area contributed by atoms with E-state index in [0.29, 0.717) is 29.5 Å². The van der Waals surface area contributed by atoms with Gasteiger partial charge in [-0.2, -0.15) is 0 Å². The predicted molar refractivity (Wildman–Crippen MR) is 82.1 cm³/mol. The van der Waals surface area contributed by atoms with E-state index in [4.69, 9.17) is 10.3 Å². The monoisotopic (exact) mass is 311 g/mol. The Balaban J connectivity index is 2.11. The van der Waals surface area contributed by atoms with E-state index in [2.05, 4.69) is 9.88 Å². The second-order valence-corrected chi connectivity index (χ2v) is 7.08. The van der Waals surface area contributed by atoms with Gasteiger partial charge in [0.1, 0.15) is 11.4 Å². The smallest absolute Gasteiger partial charge is 0.217 e. The normalized spacial score (nSPS) is 12.9. The third-order valence-corrected chi connectivity index (χ3v) is 5.07. The van der Waals surface area contributed by atoms with Gasteiger partial charge in [0.2, 0.25) is 10.0 Å². The molecule has 2 rings (SSSR count). The van der Waals surface area contributed by atoms with Crippen LogP contribution in [0.5, 0.6) is 0 Å². The zero-order valence-corrected chi connectivity index (χ0v) is 13.1. The molecule has 0 unspecified atom stereocenters. The predicted octanol–water partition coefficient (Wildman–Crippen LogP) is 1.76. The fourth-order valence-electron chi connectivity index (χ4n) is 2.03. The minimum Gasteiger partial charge on any atom is -0.356 e. The van der Waals surface area contributed by atoms with Crippen molar-refractivity contribution in [2.45, 2.75) is 38.0 Å². The molecule has 1 aromatic carbocycles. The van der Waals surface area contributed by atoms with E-state index in [1.807, 2.05) is 26.0 Å². The van der Waals surface area contributed by atoms with Crippen LogP contribution in [-0.4, -0.2) is 25.7 Å². The first-order valence-electron chi connectivity index (χ1n) is 6.98. The summed E-state index contributed by atoms with van der Waals surface area (Å²) in [5.41, 5.74) is 6.58. The lowest BCUT2D eigenvalue weighted by molar-refractivity contribution is 0.391. The molecular formula is C14H21N3O3S. The summed E-state index contributed by atoms with van der Waals surface area (Å²) in [6.45, 7) is 4.12. The van der Waals surface area contributed by atoms with Crippen molar-refractivity contribution in [3.63, 3.8) is 0 Å². The molecule has 0 aliphatic carbocycles. The quantitative estimate of drug-likeness (QED) is 0.812. The fraction of sp³-hybridized carbons (Fsp3) is 0.500. The van der Waals surface area contributed by atoms with Crippen molar-refractivity contribution in [2.75, 3.05) is 6.54 Å². The lowest BCUT2D eigenvalue weighted by Gasteiger charge is -2.26. The summed E-state index contributed by atoms with van der Waals surface area (Å²) >= 11 is 0. The summed E-state index contributed by atoms with van der Waals surface area (Å²) in [7, 11) is -3.50. The zero-order chi connectivity index (χ0) is 15.5. The van der Waals surface area contributed by atoms with Crippen LogP contribution < -0.4 is 10.5 Å².